The first-order chi connectivity index (χ1) is 15.3. The lowest BCUT2D eigenvalue weighted by atomic mass is 10.0. The monoisotopic (exact) mass is 428 g/mol. The second-order valence-electron chi connectivity index (χ2n) is 7.68. The molecule has 0 saturated heterocycles. The van der Waals surface area contributed by atoms with Crippen molar-refractivity contribution in [3.05, 3.63) is 89.1 Å². The fourth-order valence-corrected chi connectivity index (χ4v) is 3.61. The zero-order valence-corrected chi connectivity index (χ0v) is 17.8. The molecular weight excluding hydrogens is 404 g/mol. The summed E-state index contributed by atoms with van der Waals surface area (Å²) in [4.78, 5) is 25.1. The van der Waals surface area contributed by atoms with Crippen LogP contribution in [0, 0.1) is 0 Å². The van der Waals surface area contributed by atoms with Crippen LogP contribution in [0.25, 0.3) is 5.57 Å². The SMILES string of the molecule is CC(Nc1ccc(C(=O)Nc2ccccc2N)cc1)=C1C(=O)Nc2ccc(C(C)O)cc21. The van der Waals surface area contributed by atoms with Crippen molar-refractivity contribution >= 4 is 40.1 Å². The Balaban J connectivity index is 1.53. The zero-order valence-electron chi connectivity index (χ0n) is 17.8. The maximum atomic E-state index is 12.6. The number of carbonyl (C=O) groups is 2. The summed E-state index contributed by atoms with van der Waals surface area (Å²) in [6, 6.07) is 19.4. The number of rotatable bonds is 5. The molecule has 1 aliphatic heterocycles. The number of nitrogens with two attached hydrogens (primary N) is 1. The molecule has 1 atom stereocenters. The van der Waals surface area contributed by atoms with Crippen LogP contribution in [0.15, 0.2) is 72.4 Å². The van der Waals surface area contributed by atoms with E-state index in [1.807, 2.05) is 13.0 Å². The molecule has 0 aliphatic carbocycles. The van der Waals surface area contributed by atoms with Crippen LogP contribution in [0.1, 0.15) is 41.4 Å². The summed E-state index contributed by atoms with van der Waals surface area (Å²) in [5.74, 6) is -0.469. The maximum Gasteiger partial charge on any atom is 0.258 e. The van der Waals surface area contributed by atoms with E-state index in [0.717, 1.165) is 16.8 Å². The van der Waals surface area contributed by atoms with E-state index in [0.29, 0.717) is 33.9 Å². The van der Waals surface area contributed by atoms with Crippen LogP contribution in [0.2, 0.25) is 0 Å². The molecule has 0 fully saturated rings. The van der Waals surface area contributed by atoms with Crippen LogP contribution >= 0.6 is 0 Å². The van der Waals surface area contributed by atoms with Crippen molar-refractivity contribution in [2.75, 3.05) is 21.7 Å². The van der Waals surface area contributed by atoms with Gasteiger partial charge in [0.05, 0.1) is 23.1 Å². The topological polar surface area (TPSA) is 116 Å². The summed E-state index contributed by atoms with van der Waals surface area (Å²) < 4.78 is 0. The molecule has 162 valence electrons. The summed E-state index contributed by atoms with van der Waals surface area (Å²) in [7, 11) is 0. The van der Waals surface area contributed by atoms with Gasteiger partial charge >= 0.3 is 0 Å². The van der Waals surface area contributed by atoms with Gasteiger partial charge in [-0.05, 0) is 67.9 Å². The molecule has 3 aromatic rings. The number of allylic oxidation sites excluding steroid dienone is 1. The zero-order chi connectivity index (χ0) is 22.8. The van der Waals surface area contributed by atoms with Crippen LogP contribution in [0.5, 0.6) is 0 Å². The molecule has 3 aromatic carbocycles. The average molecular weight is 428 g/mol. The number of para-hydroxylation sites is 2. The van der Waals surface area contributed by atoms with Crippen LogP contribution in [0.3, 0.4) is 0 Å². The van der Waals surface area contributed by atoms with Crippen molar-refractivity contribution in [1.82, 2.24) is 0 Å². The second kappa shape index (κ2) is 8.56. The highest BCUT2D eigenvalue weighted by Crippen LogP contribution is 2.36. The Hall–Kier alpha value is -4.10. The Bertz CT molecular complexity index is 1230. The predicted molar refractivity (Wildman–Crippen MR) is 127 cm³/mol. The molecule has 1 aliphatic rings. The first-order valence-electron chi connectivity index (χ1n) is 10.2. The van der Waals surface area contributed by atoms with Gasteiger partial charge in [0, 0.05) is 28.2 Å². The number of hydrogen-bond donors (Lipinski definition) is 5. The normalized spacial score (nSPS) is 14.9. The number of anilines is 4. The summed E-state index contributed by atoms with van der Waals surface area (Å²) in [5, 5.41) is 18.8. The standard InChI is InChI=1S/C25H24N4O3/c1-14(23-19-13-17(15(2)30)9-12-21(19)28-25(23)32)27-18-10-7-16(8-11-18)24(31)29-22-6-4-3-5-20(22)26/h3-13,15,27,30H,26H2,1-2H3,(H,28,32)(H,29,31). The van der Waals surface area contributed by atoms with Crippen LogP contribution in [0.4, 0.5) is 22.7 Å². The highest BCUT2D eigenvalue weighted by Gasteiger charge is 2.27. The summed E-state index contributed by atoms with van der Waals surface area (Å²) in [6.07, 6.45) is -0.629. The molecule has 0 bridgehead atoms. The van der Waals surface area contributed by atoms with Crippen molar-refractivity contribution in [1.29, 1.82) is 0 Å². The number of nitrogen functional groups attached to an aromatic ring is 1. The number of carbonyl (C=O) groups excluding carboxylic acids is 2. The first kappa shape index (κ1) is 21.1. The van der Waals surface area contributed by atoms with Gasteiger partial charge in [0.25, 0.3) is 11.8 Å². The number of aliphatic hydroxyl groups is 1. The Labute approximate surface area is 186 Å². The quantitative estimate of drug-likeness (QED) is 0.306. The molecule has 7 nitrogen and oxygen atoms in total. The highest BCUT2D eigenvalue weighted by molar-refractivity contribution is 6.32. The van der Waals surface area contributed by atoms with Gasteiger partial charge in [0.15, 0.2) is 0 Å². The number of benzene rings is 3. The molecule has 1 heterocycles. The molecule has 1 unspecified atom stereocenters. The second-order valence-corrected chi connectivity index (χ2v) is 7.68. The number of nitrogens with one attached hydrogen (secondary N) is 3. The van der Waals surface area contributed by atoms with Gasteiger partial charge in [-0.1, -0.05) is 18.2 Å². The lowest BCUT2D eigenvalue weighted by molar-refractivity contribution is -0.110. The number of amides is 2. The van der Waals surface area contributed by atoms with Crippen molar-refractivity contribution in [3.8, 4) is 0 Å². The lowest BCUT2D eigenvalue weighted by Crippen LogP contribution is -2.13. The van der Waals surface area contributed by atoms with Crippen LogP contribution in [-0.4, -0.2) is 16.9 Å². The van der Waals surface area contributed by atoms with E-state index >= 15 is 0 Å². The molecule has 0 saturated carbocycles. The Morgan fingerprint density at radius 1 is 1.03 bits per heavy atom. The molecule has 6 N–H and O–H groups in total. The van der Waals surface area contributed by atoms with Gasteiger partial charge in [-0.2, -0.15) is 0 Å². The Morgan fingerprint density at radius 2 is 1.75 bits per heavy atom. The molecule has 2 amide bonds. The summed E-state index contributed by atoms with van der Waals surface area (Å²) in [5.41, 5.74) is 11.5. The van der Waals surface area contributed by atoms with Crippen LogP contribution in [-0.2, 0) is 4.79 Å². The van der Waals surface area contributed by atoms with Crippen molar-refractivity contribution in [2.45, 2.75) is 20.0 Å². The van der Waals surface area contributed by atoms with E-state index in [1.54, 1.807) is 67.6 Å². The van der Waals surface area contributed by atoms with E-state index in [-0.39, 0.29) is 11.8 Å². The smallest absolute Gasteiger partial charge is 0.258 e. The van der Waals surface area contributed by atoms with Gasteiger partial charge in [-0.25, -0.2) is 0 Å². The van der Waals surface area contributed by atoms with E-state index in [2.05, 4.69) is 16.0 Å². The van der Waals surface area contributed by atoms with Crippen molar-refractivity contribution in [2.24, 2.45) is 0 Å². The Morgan fingerprint density at radius 3 is 2.44 bits per heavy atom. The molecule has 7 heteroatoms. The van der Waals surface area contributed by atoms with Gasteiger partial charge in [-0.15, -0.1) is 0 Å². The van der Waals surface area contributed by atoms with E-state index in [1.165, 1.54) is 0 Å². The summed E-state index contributed by atoms with van der Waals surface area (Å²) in [6.45, 7) is 3.50. The minimum absolute atomic E-state index is 0.204. The summed E-state index contributed by atoms with van der Waals surface area (Å²) >= 11 is 0. The molecular formula is C25H24N4O3. The third kappa shape index (κ3) is 4.19. The molecule has 0 aromatic heterocycles. The van der Waals surface area contributed by atoms with Crippen LogP contribution < -0.4 is 21.7 Å². The highest BCUT2D eigenvalue weighted by atomic mass is 16.3. The third-order valence-electron chi connectivity index (χ3n) is 5.33. The molecule has 32 heavy (non-hydrogen) atoms. The van der Waals surface area contributed by atoms with E-state index in [4.69, 9.17) is 5.73 Å². The minimum Gasteiger partial charge on any atom is -0.397 e. The minimum atomic E-state index is -0.629. The number of fused-ring (bicyclic) bond motifs is 1. The van der Waals surface area contributed by atoms with E-state index < -0.39 is 6.10 Å². The number of aliphatic hydroxyl groups excluding tert-OH is 1. The lowest BCUT2D eigenvalue weighted by Gasteiger charge is -2.12. The van der Waals surface area contributed by atoms with E-state index in [9.17, 15) is 14.7 Å². The third-order valence-corrected chi connectivity index (χ3v) is 5.33. The van der Waals surface area contributed by atoms with Gasteiger partial charge < -0.3 is 26.8 Å². The molecule has 4 rings (SSSR count). The fraction of sp³-hybridized carbons (Fsp3) is 0.120. The van der Waals surface area contributed by atoms with Gasteiger partial charge in [0.1, 0.15) is 0 Å². The fourth-order valence-electron chi connectivity index (χ4n) is 3.61. The van der Waals surface area contributed by atoms with Crippen molar-refractivity contribution in [3.63, 3.8) is 0 Å². The predicted octanol–water partition coefficient (Wildman–Crippen LogP) is 4.37. The van der Waals surface area contributed by atoms with Crippen molar-refractivity contribution < 1.29 is 14.7 Å². The Kier molecular flexibility index (Phi) is 5.66. The number of hydrogen-bond acceptors (Lipinski definition) is 5. The molecule has 0 radical (unpaired) electrons. The largest absolute Gasteiger partial charge is 0.397 e. The first-order valence-corrected chi connectivity index (χ1v) is 10.2. The van der Waals surface area contributed by atoms with Gasteiger partial charge in [0.2, 0.25) is 0 Å². The molecule has 0 spiro atoms. The maximum absolute atomic E-state index is 12.6. The average Bonchev–Trinajstić information content (AvgIpc) is 3.10. The van der Waals surface area contributed by atoms with Gasteiger partial charge in [-0.3, -0.25) is 9.59 Å².